The van der Waals surface area contributed by atoms with E-state index < -0.39 is 6.10 Å². The number of aliphatic hydroxyl groups excluding tert-OH is 1. The molecule has 2 bridgehead atoms. The summed E-state index contributed by atoms with van der Waals surface area (Å²) in [6.45, 7) is 9.43. The lowest BCUT2D eigenvalue weighted by Crippen LogP contribution is -2.35. The molecule has 2 fully saturated rings. The van der Waals surface area contributed by atoms with E-state index >= 15 is 0 Å². The van der Waals surface area contributed by atoms with Gasteiger partial charge in [-0.2, -0.15) is 0 Å². The van der Waals surface area contributed by atoms with Crippen molar-refractivity contribution in [2.24, 2.45) is 10.8 Å². The first-order chi connectivity index (χ1) is 10.8. The summed E-state index contributed by atoms with van der Waals surface area (Å²) in [6.07, 6.45) is 4.32. The molecule has 1 N–H and O–H groups in total. The van der Waals surface area contributed by atoms with Gasteiger partial charge < -0.3 is 9.84 Å². The summed E-state index contributed by atoms with van der Waals surface area (Å²) in [6, 6.07) is 8.49. The average molecular weight is 317 g/mol. The summed E-state index contributed by atoms with van der Waals surface area (Å²) in [5.41, 5.74) is 1.88. The Morgan fingerprint density at radius 3 is 2.83 bits per heavy atom. The van der Waals surface area contributed by atoms with E-state index in [1.165, 1.54) is 25.8 Å². The molecule has 0 aromatic heterocycles. The quantitative estimate of drug-likeness (QED) is 0.890. The van der Waals surface area contributed by atoms with E-state index in [2.05, 4.69) is 25.7 Å². The molecule has 3 unspecified atom stereocenters. The van der Waals surface area contributed by atoms with Crippen LogP contribution in [0.4, 0.5) is 0 Å². The predicted octanol–water partition coefficient (Wildman–Crippen LogP) is 4.02. The van der Waals surface area contributed by atoms with Crippen LogP contribution >= 0.6 is 0 Å². The Kier molecular flexibility index (Phi) is 4.45. The van der Waals surface area contributed by atoms with Gasteiger partial charge in [-0.3, -0.25) is 4.90 Å². The lowest BCUT2D eigenvalue weighted by Gasteiger charge is -2.40. The van der Waals surface area contributed by atoms with Gasteiger partial charge in [0.1, 0.15) is 5.75 Å². The maximum absolute atomic E-state index is 10.5. The minimum absolute atomic E-state index is 0.411. The van der Waals surface area contributed by atoms with Crippen LogP contribution in [0.15, 0.2) is 24.3 Å². The highest BCUT2D eigenvalue weighted by molar-refractivity contribution is 5.29. The van der Waals surface area contributed by atoms with Crippen molar-refractivity contribution in [2.45, 2.75) is 58.6 Å². The second-order valence-electron chi connectivity index (χ2n) is 8.77. The van der Waals surface area contributed by atoms with Crippen LogP contribution in [0, 0.1) is 10.8 Å². The number of nitrogens with zero attached hydrogens (tertiary/aromatic N) is 1. The van der Waals surface area contributed by atoms with E-state index in [-0.39, 0.29) is 0 Å². The zero-order valence-corrected chi connectivity index (χ0v) is 15.0. The van der Waals surface area contributed by atoms with E-state index in [0.29, 0.717) is 16.9 Å². The van der Waals surface area contributed by atoms with Gasteiger partial charge in [-0.25, -0.2) is 0 Å². The van der Waals surface area contributed by atoms with Crippen molar-refractivity contribution >= 4 is 0 Å². The fourth-order valence-corrected chi connectivity index (χ4v) is 5.14. The van der Waals surface area contributed by atoms with Crippen LogP contribution in [-0.2, 0) is 0 Å². The normalized spacial score (nSPS) is 31.1. The molecule has 1 heterocycles. The first kappa shape index (κ1) is 16.8. The van der Waals surface area contributed by atoms with Gasteiger partial charge in [-0.05, 0) is 54.2 Å². The van der Waals surface area contributed by atoms with Gasteiger partial charge in [0.25, 0.3) is 0 Å². The van der Waals surface area contributed by atoms with E-state index in [1.54, 1.807) is 7.11 Å². The number of ether oxygens (including phenoxy) is 1. The van der Waals surface area contributed by atoms with Gasteiger partial charge >= 0.3 is 0 Å². The van der Waals surface area contributed by atoms with Crippen molar-refractivity contribution in [1.29, 1.82) is 0 Å². The topological polar surface area (TPSA) is 32.7 Å². The van der Waals surface area contributed by atoms with E-state index in [0.717, 1.165) is 24.3 Å². The summed E-state index contributed by atoms with van der Waals surface area (Å²) in [7, 11) is 1.67. The minimum Gasteiger partial charge on any atom is -0.497 e. The second-order valence-corrected chi connectivity index (χ2v) is 8.77. The third-order valence-corrected chi connectivity index (χ3v) is 5.69. The molecule has 1 aromatic rings. The van der Waals surface area contributed by atoms with Crippen molar-refractivity contribution < 1.29 is 9.84 Å². The summed E-state index contributed by atoms with van der Waals surface area (Å²) >= 11 is 0. The minimum atomic E-state index is -0.411. The zero-order valence-electron chi connectivity index (χ0n) is 15.0. The SMILES string of the molecule is COc1cccc(C(O)CCN2CC3(C)CC2CC(C)(C)C3)c1. The number of hydrogen-bond acceptors (Lipinski definition) is 3. The Morgan fingerprint density at radius 1 is 1.30 bits per heavy atom. The first-order valence-electron chi connectivity index (χ1n) is 8.86. The molecule has 1 aliphatic carbocycles. The summed E-state index contributed by atoms with van der Waals surface area (Å²) < 4.78 is 5.25. The van der Waals surface area contributed by atoms with Crippen LogP contribution in [-0.4, -0.2) is 36.2 Å². The highest BCUT2D eigenvalue weighted by atomic mass is 16.5. The Morgan fingerprint density at radius 2 is 2.09 bits per heavy atom. The van der Waals surface area contributed by atoms with Gasteiger partial charge in [0.2, 0.25) is 0 Å². The van der Waals surface area contributed by atoms with Gasteiger partial charge in [0, 0.05) is 19.1 Å². The number of fused-ring (bicyclic) bond motifs is 2. The van der Waals surface area contributed by atoms with E-state index in [9.17, 15) is 5.11 Å². The monoisotopic (exact) mass is 317 g/mol. The maximum atomic E-state index is 10.5. The van der Waals surface area contributed by atoms with E-state index in [4.69, 9.17) is 4.74 Å². The van der Waals surface area contributed by atoms with Crippen LogP contribution < -0.4 is 4.74 Å². The van der Waals surface area contributed by atoms with Crippen molar-refractivity contribution in [3.05, 3.63) is 29.8 Å². The second kappa shape index (κ2) is 6.10. The van der Waals surface area contributed by atoms with Crippen molar-refractivity contribution in [3.63, 3.8) is 0 Å². The van der Waals surface area contributed by atoms with Crippen molar-refractivity contribution in [2.75, 3.05) is 20.2 Å². The predicted molar refractivity (Wildman–Crippen MR) is 93.7 cm³/mol. The lowest BCUT2D eigenvalue weighted by atomic mass is 9.65. The summed E-state index contributed by atoms with van der Waals surface area (Å²) in [5.74, 6) is 0.813. The molecule has 128 valence electrons. The van der Waals surface area contributed by atoms with Crippen LogP contribution in [0.2, 0.25) is 0 Å². The molecule has 3 rings (SSSR count). The molecule has 3 nitrogen and oxygen atoms in total. The van der Waals surface area contributed by atoms with Gasteiger partial charge in [-0.1, -0.05) is 32.9 Å². The third kappa shape index (κ3) is 3.72. The molecular formula is C20H31NO2. The number of benzene rings is 1. The van der Waals surface area contributed by atoms with Crippen LogP contribution in [0.5, 0.6) is 5.75 Å². The van der Waals surface area contributed by atoms with Gasteiger partial charge in [0.05, 0.1) is 13.2 Å². The maximum Gasteiger partial charge on any atom is 0.119 e. The molecule has 0 amide bonds. The Bertz CT molecular complexity index is 556. The van der Waals surface area contributed by atoms with Gasteiger partial charge in [0.15, 0.2) is 0 Å². The van der Waals surface area contributed by atoms with Crippen LogP contribution in [0.25, 0.3) is 0 Å². The molecule has 1 saturated carbocycles. The first-order valence-corrected chi connectivity index (χ1v) is 8.86. The van der Waals surface area contributed by atoms with Crippen LogP contribution in [0.1, 0.15) is 58.1 Å². The molecule has 2 aliphatic rings. The summed E-state index contributed by atoms with van der Waals surface area (Å²) in [5, 5.41) is 10.5. The molecule has 0 spiro atoms. The standard InChI is InChI=1S/C20H31NO2/c1-19(2)11-16-12-20(3,13-19)14-21(16)9-8-18(22)15-6-5-7-17(10-15)23-4/h5-7,10,16,18,22H,8-9,11-14H2,1-4H3. The number of likely N-dealkylation sites (tertiary alicyclic amines) is 1. The molecule has 1 aromatic carbocycles. The van der Waals surface area contributed by atoms with Gasteiger partial charge in [-0.15, -0.1) is 0 Å². The lowest BCUT2D eigenvalue weighted by molar-refractivity contribution is 0.116. The molecule has 3 atom stereocenters. The Hall–Kier alpha value is -1.06. The fourth-order valence-electron chi connectivity index (χ4n) is 5.14. The fraction of sp³-hybridized carbons (Fsp3) is 0.700. The highest BCUT2D eigenvalue weighted by Crippen LogP contribution is 2.52. The van der Waals surface area contributed by atoms with Crippen molar-refractivity contribution in [1.82, 2.24) is 4.90 Å². The Balaban J connectivity index is 1.60. The number of methoxy groups -OCH3 is 1. The highest BCUT2D eigenvalue weighted by Gasteiger charge is 2.49. The van der Waals surface area contributed by atoms with Crippen LogP contribution in [0.3, 0.4) is 0 Å². The molecule has 23 heavy (non-hydrogen) atoms. The average Bonchev–Trinajstić information content (AvgIpc) is 2.73. The number of rotatable bonds is 5. The smallest absolute Gasteiger partial charge is 0.119 e. The third-order valence-electron chi connectivity index (χ3n) is 5.69. The number of aliphatic hydroxyl groups is 1. The number of hydrogen-bond donors (Lipinski definition) is 1. The molecule has 0 radical (unpaired) electrons. The summed E-state index contributed by atoms with van der Waals surface area (Å²) in [4.78, 5) is 2.62. The van der Waals surface area contributed by atoms with E-state index in [1.807, 2.05) is 24.3 Å². The zero-order chi connectivity index (χ0) is 16.7. The molecule has 3 heteroatoms. The van der Waals surface area contributed by atoms with Crippen molar-refractivity contribution in [3.8, 4) is 5.75 Å². The molecule has 1 saturated heterocycles. The molecule has 1 aliphatic heterocycles. The largest absolute Gasteiger partial charge is 0.497 e. The Labute approximate surface area is 140 Å². The molecular weight excluding hydrogens is 286 g/mol.